The van der Waals surface area contributed by atoms with Crippen LogP contribution in [0.3, 0.4) is 0 Å². The number of hydrogen-bond acceptors (Lipinski definition) is 6. The summed E-state index contributed by atoms with van der Waals surface area (Å²) in [5.74, 6) is 0.420. The number of amides is 1. The molecular formula is C19H14ClN3O3S3. The number of aryl methyl sites for hydroxylation is 1. The van der Waals surface area contributed by atoms with Gasteiger partial charge < -0.3 is 4.57 Å². The Balaban J connectivity index is 1.85. The molecule has 0 saturated carbocycles. The molecule has 0 fully saturated rings. The van der Waals surface area contributed by atoms with E-state index < -0.39 is 10.8 Å². The molecule has 2 aromatic carbocycles. The number of fused-ring (bicyclic) bond motifs is 2. The van der Waals surface area contributed by atoms with Gasteiger partial charge in [0.1, 0.15) is 4.88 Å². The Kier molecular flexibility index (Phi) is 5.73. The minimum absolute atomic E-state index is 0.0150. The van der Waals surface area contributed by atoms with E-state index in [1.165, 1.54) is 34.8 Å². The SMILES string of the molecule is CSCCn1c(=NC(=O)c2sc3ccccc3c2Cl)sc2cc([N+](=O)[O-])ccc21. The lowest BCUT2D eigenvalue weighted by Crippen LogP contribution is -2.18. The maximum atomic E-state index is 12.9. The smallest absolute Gasteiger partial charge is 0.291 e. The number of rotatable bonds is 5. The van der Waals surface area contributed by atoms with Crippen molar-refractivity contribution in [3.8, 4) is 0 Å². The van der Waals surface area contributed by atoms with Crippen LogP contribution in [0, 0.1) is 10.1 Å². The Morgan fingerprint density at radius 2 is 2.03 bits per heavy atom. The minimum Gasteiger partial charge on any atom is -0.315 e. The van der Waals surface area contributed by atoms with Crippen LogP contribution in [0.4, 0.5) is 5.69 Å². The third-order valence-corrected chi connectivity index (χ3v) is 7.62. The first-order valence-corrected chi connectivity index (χ1v) is 11.9. The van der Waals surface area contributed by atoms with Crippen molar-refractivity contribution >= 4 is 77.9 Å². The van der Waals surface area contributed by atoms with Crippen molar-refractivity contribution in [1.82, 2.24) is 4.57 Å². The van der Waals surface area contributed by atoms with Crippen molar-refractivity contribution < 1.29 is 9.72 Å². The molecule has 2 heterocycles. The first kappa shape index (κ1) is 20.1. The lowest BCUT2D eigenvalue weighted by molar-refractivity contribution is -0.384. The number of non-ortho nitro benzene ring substituents is 1. The summed E-state index contributed by atoms with van der Waals surface area (Å²) in [6.07, 6.45) is 2.00. The number of benzene rings is 2. The Labute approximate surface area is 182 Å². The Bertz CT molecular complexity index is 1320. The van der Waals surface area contributed by atoms with Gasteiger partial charge in [-0.3, -0.25) is 14.9 Å². The van der Waals surface area contributed by atoms with E-state index in [4.69, 9.17) is 11.6 Å². The zero-order valence-corrected chi connectivity index (χ0v) is 18.3. The summed E-state index contributed by atoms with van der Waals surface area (Å²) in [7, 11) is 0. The van der Waals surface area contributed by atoms with Crippen LogP contribution in [0.25, 0.3) is 20.3 Å². The van der Waals surface area contributed by atoms with Gasteiger partial charge in [-0.25, -0.2) is 0 Å². The van der Waals surface area contributed by atoms with Crippen molar-refractivity contribution in [1.29, 1.82) is 0 Å². The van der Waals surface area contributed by atoms with Crippen LogP contribution < -0.4 is 4.80 Å². The normalized spacial score (nSPS) is 12.1. The average Bonchev–Trinajstić information content (AvgIpc) is 3.23. The van der Waals surface area contributed by atoms with Gasteiger partial charge in [0, 0.05) is 34.5 Å². The molecule has 6 nitrogen and oxygen atoms in total. The lowest BCUT2D eigenvalue weighted by Gasteiger charge is -2.03. The van der Waals surface area contributed by atoms with Gasteiger partial charge in [-0.05, 0) is 18.4 Å². The summed E-state index contributed by atoms with van der Waals surface area (Å²) < 4.78 is 3.58. The van der Waals surface area contributed by atoms with E-state index in [2.05, 4.69) is 4.99 Å². The molecule has 0 aliphatic carbocycles. The molecule has 4 aromatic rings. The van der Waals surface area contributed by atoms with Gasteiger partial charge in [-0.15, -0.1) is 11.3 Å². The van der Waals surface area contributed by atoms with Gasteiger partial charge in [0.25, 0.3) is 11.6 Å². The molecule has 0 spiro atoms. The predicted molar refractivity (Wildman–Crippen MR) is 122 cm³/mol. The Morgan fingerprint density at radius 1 is 1.24 bits per heavy atom. The number of thiophene rings is 1. The highest BCUT2D eigenvalue weighted by molar-refractivity contribution is 7.98. The van der Waals surface area contributed by atoms with Crippen LogP contribution in [0.5, 0.6) is 0 Å². The Morgan fingerprint density at radius 3 is 2.76 bits per heavy atom. The average molecular weight is 464 g/mol. The predicted octanol–water partition coefficient (Wildman–Crippen LogP) is 5.58. The van der Waals surface area contributed by atoms with Gasteiger partial charge in [0.15, 0.2) is 4.80 Å². The summed E-state index contributed by atoms with van der Waals surface area (Å²) >= 11 is 10.7. The van der Waals surface area contributed by atoms with Crippen molar-refractivity contribution in [3.63, 3.8) is 0 Å². The molecule has 29 heavy (non-hydrogen) atoms. The number of halogens is 1. The van der Waals surface area contributed by atoms with Gasteiger partial charge >= 0.3 is 0 Å². The highest BCUT2D eigenvalue weighted by atomic mass is 35.5. The van der Waals surface area contributed by atoms with Crippen LogP contribution in [-0.2, 0) is 6.54 Å². The van der Waals surface area contributed by atoms with Gasteiger partial charge in [0.05, 0.1) is 20.2 Å². The van der Waals surface area contributed by atoms with Crippen molar-refractivity contribution in [2.24, 2.45) is 4.99 Å². The summed E-state index contributed by atoms with van der Waals surface area (Å²) in [6.45, 7) is 0.644. The number of nitro groups is 1. The van der Waals surface area contributed by atoms with Gasteiger partial charge in [-0.2, -0.15) is 16.8 Å². The van der Waals surface area contributed by atoms with Crippen LogP contribution in [0.1, 0.15) is 9.67 Å². The molecular weight excluding hydrogens is 450 g/mol. The van der Waals surface area contributed by atoms with Crippen molar-refractivity contribution in [2.45, 2.75) is 6.54 Å². The number of nitrogens with zero attached hydrogens (tertiary/aromatic N) is 3. The first-order valence-electron chi connectivity index (χ1n) is 8.52. The molecule has 1 amide bonds. The number of aromatic nitrogens is 1. The quantitative estimate of drug-likeness (QED) is 0.286. The van der Waals surface area contributed by atoms with E-state index >= 15 is 0 Å². The fourth-order valence-corrected chi connectivity index (χ4v) is 5.80. The minimum atomic E-state index is -0.426. The number of nitro benzene ring substituents is 1. The van der Waals surface area contributed by atoms with Crippen LogP contribution >= 0.6 is 46.0 Å². The summed E-state index contributed by atoms with van der Waals surface area (Å²) in [5.41, 5.74) is 0.838. The molecule has 4 rings (SSSR count). The molecule has 148 valence electrons. The fraction of sp³-hybridized carbons (Fsp3) is 0.158. The molecule has 2 aromatic heterocycles. The Hall–Kier alpha value is -2.20. The third-order valence-electron chi connectivity index (χ3n) is 4.32. The number of thiazole rings is 1. The van der Waals surface area contributed by atoms with E-state index in [1.807, 2.05) is 35.1 Å². The number of thioether (sulfide) groups is 1. The second-order valence-corrected chi connectivity index (χ2v) is 9.52. The largest absolute Gasteiger partial charge is 0.315 e. The zero-order chi connectivity index (χ0) is 20.5. The monoisotopic (exact) mass is 463 g/mol. The molecule has 0 saturated heterocycles. The van der Waals surface area contributed by atoms with Crippen molar-refractivity contribution in [2.75, 3.05) is 12.0 Å². The molecule has 0 unspecified atom stereocenters. The van der Waals surface area contributed by atoms with E-state index in [0.29, 0.717) is 25.9 Å². The molecule has 0 bridgehead atoms. The van der Waals surface area contributed by atoms with Crippen molar-refractivity contribution in [3.05, 3.63) is 67.3 Å². The molecule has 10 heteroatoms. The molecule has 0 N–H and O–H groups in total. The maximum Gasteiger partial charge on any atom is 0.291 e. The second-order valence-electron chi connectivity index (χ2n) is 6.10. The summed E-state index contributed by atoms with van der Waals surface area (Å²) in [6, 6.07) is 12.3. The standard InChI is InChI=1S/C19H14ClN3O3S3/c1-27-9-8-22-13-7-6-11(23(25)26)10-15(13)29-19(22)21-18(24)17-16(20)12-4-2-3-5-14(12)28-17/h2-7,10H,8-9H2,1H3. The van der Waals surface area contributed by atoms with Crippen LogP contribution in [0.15, 0.2) is 47.5 Å². The summed E-state index contributed by atoms with van der Waals surface area (Å²) in [5, 5.41) is 12.3. The number of carbonyl (C=O) groups excluding carboxylic acids is 1. The van der Waals surface area contributed by atoms with E-state index in [9.17, 15) is 14.9 Å². The molecule has 0 aliphatic rings. The number of carbonyl (C=O) groups is 1. The van der Waals surface area contributed by atoms with Crippen LogP contribution in [0.2, 0.25) is 5.02 Å². The second kappa shape index (κ2) is 8.27. The van der Waals surface area contributed by atoms with E-state index in [1.54, 1.807) is 17.8 Å². The van der Waals surface area contributed by atoms with Gasteiger partial charge in [0.2, 0.25) is 0 Å². The fourth-order valence-electron chi connectivity index (χ4n) is 2.95. The zero-order valence-electron chi connectivity index (χ0n) is 15.1. The van der Waals surface area contributed by atoms with E-state index in [0.717, 1.165) is 21.4 Å². The first-order chi connectivity index (χ1) is 14.0. The third kappa shape index (κ3) is 3.83. The lowest BCUT2D eigenvalue weighted by atomic mass is 10.2. The van der Waals surface area contributed by atoms with Gasteiger partial charge in [-0.1, -0.05) is 41.1 Å². The number of hydrogen-bond donors (Lipinski definition) is 0. The highest BCUT2D eigenvalue weighted by Crippen LogP contribution is 2.35. The van der Waals surface area contributed by atoms with E-state index in [-0.39, 0.29) is 5.69 Å². The molecule has 0 radical (unpaired) electrons. The summed E-state index contributed by atoms with van der Waals surface area (Å²) in [4.78, 5) is 28.8. The van der Waals surface area contributed by atoms with Crippen LogP contribution in [-0.4, -0.2) is 27.4 Å². The topological polar surface area (TPSA) is 77.5 Å². The maximum absolute atomic E-state index is 12.9. The highest BCUT2D eigenvalue weighted by Gasteiger charge is 2.18. The molecule has 0 atom stereocenters. The molecule has 0 aliphatic heterocycles.